The highest BCUT2D eigenvalue weighted by Crippen LogP contribution is 2.21. The second kappa shape index (κ2) is 6.74. The first-order valence-electron chi connectivity index (χ1n) is 5.71. The number of benzene rings is 1. The van der Waals surface area contributed by atoms with Crippen LogP contribution in [0.15, 0.2) is 28.8 Å². The van der Waals surface area contributed by atoms with Gasteiger partial charge >= 0.3 is 5.97 Å². The van der Waals surface area contributed by atoms with Crippen molar-refractivity contribution in [3.63, 3.8) is 0 Å². The molecule has 1 aromatic heterocycles. The third kappa shape index (κ3) is 3.96. The zero-order chi connectivity index (χ0) is 14.5. The Labute approximate surface area is 124 Å². The van der Waals surface area contributed by atoms with E-state index in [-0.39, 0.29) is 5.75 Å². The van der Waals surface area contributed by atoms with E-state index in [1.165, 1.54) is 11.8 Å². The fourth-order valence-corrected chi connectivity index (χ4v) is 2.40. The van der Waals surface area contributed by atoms with Crippen LogP contribution in [0.25, 0.3) is 11.4 Å². The summed E-state index contributed by atoms with van der Waals surface area (Å²) in [6, 6.07) is 6.23. The zero-order valence-electron chi connectivity index (χ0n) is 10.3. The number of carbonyl (C=O) groups is 1. The summed E-state index contributed by atoms with van der Waals surface area (Å²) in [5.41, 5.74) is 6.16. The molecule has 1 atom stereocenters. The fraction of sp³-hybridized carbons (Fsp3) is 0.250. The van der Waals surface area contributed by atoms with Gasteiger partial charge in [0, 0.05) is 16.3 Å². The Bertz CT molecular complexity index is 605. The first-order chi connectivity index (χ1) is 9.56. The summed E-state index contributed by atoms with van der Waals surface area (Å²) in [4.78, 5) is 14.8. The molecule has 3 N–H and O–H groups in total. The Morgan fingerprint density at radius 2 is 2.35 bits per heavy atom. The lowest BCUT2D eigenvalue weighted by Crippen LogP contribution is -2.32. The van der Waals surface area contributed by atoms with E-state index in [1.54, 1.807) is 18.2 Å². The molecule has 0 spiro atoms. The van der Waals surface area contributed by atoms with Gasteiger partial charge < -0.3 is 15.4 Å². The normalized spacial score (nSPS) is 12.3. The predicted octanol–water partition coefficient (Wildman–Crippen LogP) is 2.04. The molecule has 8 heteroatoms. The molecule has 1 heterocycles. The zero-order valence-corrected chi connectivity index (χ0v) is 11.9. The van der Waals surface area contributed by atoms with Gasteiger partial charge in [0.15, 0.2) is 0 Å². The molecule has 0 aliphatic rings. The number of nitrogens with two attached hydrogens (primary N) is 1. The van der Waals surface area contributed by atoms with Gasteiger partial charge in [-0.05, 0) is 12.1 Å². The second-order valence-corrected chi connectivity index (χ2v) is 5.45. The maximum Gasteiger partial charge on any atom is 0.321 e. The summed E-state index contributed by atoms with van der Waals surface area (Å²) < 4.78 is 5.09. The van der Waals surface area contributed by atoms with Crippen LogP contribution in [0.2, 0.25) is 5.02 Å². The van der Waals surface area contributed by atoms with Crippen LogP contribution in [0.4, 0.5) is 0 Å². The minimum absolute atomic E-state index is 0.282. The summed E-state index contributed by atoms with van der Waals surface area (Å²) in [6.07, 6.45) is 0. The molecule has 1 aromatic carbocycles. The molecular weight excluding hydrogens is 302 g/mol. The molecule has 0 radical (unpaired) electrons. The van der Waals surface area contributed by atoms with Gasteiger partial charge in [-0.25, -0.2) is 0 Å². The van der Waals surface area contributed by atoms with Gasteiger partial charge in [-0.3, -0.25) is 4.79 Å². The molecule has 20 heavy (non-hydrogen) atoms. The molecule has 0 aliphatic heterocycles. The van der Waals surface area contributed by atoms with Crippen molar-refractivity contribution in [2.24, 2.45) is 5.73 Å². The molecule has 106 valence electrons. The summed E-state index contributed by atoms with van der Waals surface area (Å²) in [6.45, 7) is 0. The molecule has 0 unspecified atom stereocenters. The minimum Gasteiger partial charge on any atom is -0.480 e. The van der Waals surface area contributed by atoms with Crippen LogP contribution >= 0.6 is 23.4 Å². The van der Waals surface area contributed by atoms with Crippen molar-refractivity contribution in [1.29, 1.82) is 0 Å². The van der Waals surface area contributed by atoms with E-state index < -0.39 is 12.0 Å². The third-order valence-corrected chi connectivity index (χ3v) is 3.67. The van der Waals surface area contributed by atoms with Gasteiger partial charge in [-0.15, -0.1) is 11.8 Å². The number of carboxylic acid groups (broad SMARTS) is 1. The Kier molecular flexibility index (Phi) is 4.99. The number of carboxylic acids is 1. The molecule has 6 nitrogen and oxygen atoms in total. The lowest BCUT2D eigenvalue weighted by molar-refractivity contribution is -0.137. The Hall–Kier alpha value is -1.57. The first kappa shape index (κ1) is 14.8. The van der Waals surface area contributed by atoms with Crippen molar-refractivity contribution >= 4 is 29.3 Å². The highest BCUT2D eigenvalue weighted by Gasteiger charge is 2.13. The maximum absolute atomic E-state index is 10.6. The number of halogens is 1. The second-order valence-electron chi connectivity index (χ2n) is 3.98. The van der Waals surface area contributed by atoms with E-state index in [0.29, 0.717) is 22.5 Å². The summed E-state index contributed by atoms with van der Waals surface area (Å²) >= 11 is 7.22. The van der Waals surface area contributed by atoms with E-state index in [0.717, 1.165) is 5.56 Å². The van der Waals surface area contributed by atoms with Crippen LogP contribution in [-0.4, -0.2) is 33.0 Å². The van der Waals surface area contributed by atoms with Crippen LogP contribution in [-0.2, 0) is 10.5 Å². The monoisotopic (exact) mass is 313 g/mol. The highest BCUT2D eigenvalue weighted by molar-refractivity contribution is 7.98. The van der Waals surface area contributed by atoms with Gasteiger partial charge in [-0.2, -0.15) is 4.98 Å². The number of aliphatic carboxylic acids is 1. The number of hydrogen-bond acceptors (Lipinski definition) is 6. The lowest BCUT2D eigenvalue weighted by Gasteiger charge is -2.03. The molecule has 2 aromatic rings. The number of hydrogen-bond donors (Lipinski definition) is 2. The largest absolute Gasteiger partial charge is 0.480 e. The Morgan fingerprint density at radius 3 is 3.05 bits per heavy atom. The van der Waals surface area contributed by atoms with E-state index in [1.807, 2.05) is 6.07 Å². The van der Waals surface area contributed by atoms with Crippen LogP contribution in [0.3, 0.4) is 0 Å². The van der Waals surface area contributed by atoms with Crippen LogP contribution in [0, 0.1) is 0 Å². The van der Waals surface area contributed by atoms with Crippen molar-refractivity contribution in [3.8, 4) is 11.4 Å². The molecular formula is C12H12ClN3O3S. The Balaban J connectivity index is 1.94. The van der Waals surface area contributed by atoms with Gasteiger partial charge in [0.1, 0.15) is 6.04 Å². The summed E-state index contributed by atoms with van der Waals surface area (Å²) in [5.74, 6) is 0.537. The number of nitrogens with zero attached hydrogens (tertiary/aromatic N) is 2. The average molecular weight is 314 g/mol. The topological polar surface area (TPSA) is 102 Å². The summed E-state index contributed by atoms with van der Waals surface area (Å²) in [5, 5.41) is 13.1. The van der Waals surface area contributed by atoms with Crippen molar-refractivity contribution in [2.45, 2.75) is 11.8 Å². The van der Waals surface area contributed by atoms with E-state index in [9.17, 15) is 4.79 Å². The standard InChI is InChI=1S/C12H12ClN3O3S/c13-8-3-1-2-7(4-8)11-15-10(19-16-11)6-20-5-9(14)12(17)18/h1-4,9H,5-6,14H2,(H,17,18)/t9-/m0/s1. The van der Waals surface area contributed by atoms with Gasteiger partial charge in [0.2, 0.25) is 11.7 Å². The number of aromatic nitrogens is 2. The van der Waals surface area contributed by atoms with Crippen molar-refractivity contribution in [2.75, 3.05) is 5.75 Å². The van der Waals surface area contributed by atoms with Crippen molar-refractivity contribution in [1.82, 2.24) is 10.1 Å². The smallest absolute Gasteiger partial charge is 0.321 e. The van der Waals surface area contributed by atoms with Crippen molar-refractivity contribution in [3.05, 3.63) is 35.2 Å². The van der Waals surface area contributed by atoms with E-state index in [4.69, 9.17) is 27.0 Å². The number of rotatable bonds is 6. The molecule has 0 aliphatic carbocycles. The van der Waals surface area contributed by atoms with Gasteiger partial charge in [0.05, 0.1) is 5.75 Å². The fourth-order valence-electron chi connectivity index (χ4n) is 1.40. The lowest BCUT2D eigenvalue weighted by atomic mass is 10.2. The minimum atomic E-state index is -1.03. The predicted molar refractivity (Wildman–Crippen MR) is 76.5 cm³/mol. The van der Waals surface area contributed by atoms with Gasteiger partial charge in [-0.1, -0.05) is 28.9 Å². The molecule has 0 bridgehead atoms. The SMILES string of the molecule is N[C@@H](CSCc1nc(-c2cccc(Cl)c2)no1)C(=O)O. The average Bonchev–Trinajstić information content (AvgIpc) is 2.87. The quantitative estimate of drug-likeness (QED) is 0.841. The third-order valence-electron chi connectivity index (χ3n) is 2.39. The van der Waals surface area contributed by atoms with E-state index in [2.05, 4.69) is 10.1 Å². The summed E-state index contributed by atoms with van der Waals surface area (Å²) in [7, 11) is 0. The van der Waals surface area contributed by atoms with Crippen LogP contribution < -0.4 is 5.73 Å². The highest BCUT2D eigenvalue weighted by atomic mass is 35.5. The first-order valence-corrected chi connectivity index (χ1v) is 7.24. The molecule has 0 fully saturated rings. The number of thioether (sulfide) groups is 1. The van der Waals surface area contributed by atoms with Crippen LogP contribution in [0.5, 0.6) is 0 Å². The molecule has 0 saturated heterocycles. The molecule has 0 amide bonds. The molecule has 2 rings (SSSR count). The van der Waals surface area contributed by atoms with Crippen LogP contribution in [0.1, 0.15) is 5.89 Å². The van der Waals surface area contributed by atoms with E-state index >= 15 is 0 Å². The van der Waals surface area contributed by atoms with Gasteiger partial charge in [0.25, 0.3) is 0 Å². The maximum atomic E-state index is 10.6. The Morgan fingerprint density at radius 1 is 1.55 bits per heavy atom. The van der Waals surface area contributed by atoms with Crippen molar-refractivity contribution < 1.29 is 14.4 Å². The molecule has 0 saturated carbocycles.